The Kier molecular flexibility index (Phi) is 2.45. The third kappa shape index (κ3) is 1.61. The Morgan fingerprint density at radius 3 is 3.07 bits per heavy atom. The summed E-state index contributed by atoms with van der Waals surface area (Å²) in [6, 6.07) is 5.00. The standard InChI is InChI=1S/C10H13NO3/c12-5-3-11-4-6-14-10-2-1-8(13)7-9(10)11/h1-2,7,12-13H,3-6H2. The molecule has 2 N–H and O–H groups in total. The van der Waals surface area contributed by atoms with E-state index in [0.717, 1.165) is 18.0 Å². The maximum Gasteiger partial charge on any atom is 0.142 e. The molecule has 4 heteroatoms. The normalized spacial score (nSPS) is 14.8. The molecule has 0 aliphatic carbocycles. The second-order valence-corrected chi connectivity index (χ2v) is 3.21. The molecule has 0 bridgehead atoms. The summed E-state index contributed by atoms with van der Waals surface area (Å²) in [5.74, 6) is 0.986. The lowest BCUT2D eigenvalue weighted by Gasteiger charge is -2.30. The molecule has 1 aliphatic heterocycles. The molecule has 0 atom stereocenters. The summed E-state index contributed by atoms with van der Waals surface area (Å²) in [6.07, 6.45) is 0. The van der Waals surface area contributed by atoms with Crippen molar-refractivity contribution >= 4 is 5.69 Å². The number of anilines is 1. The largest absolute Gasteiger partial charge is 0.508 e. The van der Waals surface area contributed by atoms with Gasteiger partial charge < -0.3 is 19.8 Å². The molecule has 1 heterocycles. The van der Waals surface area contributed by atoms with Crippen molar-refractivity contribution in [2.24, 2.45) is 0 Å². The molecule has 0 radical (unpaired) electrons. The van der Waals surface area contributed by atoms with E-state index in [9.17, 15) is 5.11 Å². The number of aromatic hydroxyl groups is 1. The van der Waals surface area contributed by atoms with E-state index >= 15 is 0 Å². The van der Waals surface area contributed by atoms with Crippen LogP contribution < -0.4 is 9.64 Å². The third-order valence-electron chi connectivity index (χ3n) is 2.27. The van der Waals surface area contributed by atoms with Crippen LogP contribution in [0.1, 0.15) is 0 Å². The van der Waals surface area contributed by atoms with Gasteiger partial charge in [-0.1, -0.05) is 0 Å². The first-order valence-corrected chi connectivity index (χ1v) is 4.63. The molecule has 1 aromatic rings. The van der Waals surface area contributed by atoms with Gasteiger partial charge in [0.15, 0.2) is 0 Å². The van der Waals surface area contributed by atoms with Gasteiger partial charge in [-0.05, 0) is 12.1 Å². The minimum Gasteiger partial charge on any atom is -0.508 e. The fourth-order valence-corrected chi connectivity index (χ4v) is 1.61. The third-order valence-corrected chi connectivity index (χ3v) is 2.27. The maximum atomic E-state index is 9.33. The molecule has 4 nitrogen and oxygen atoms in total. The van der Waals surface area contributed by atoms with Crippen molar-refractivity contribution in [2.75, 3.05) is 31.2 Å². The second-order valence-electron chi connectivity index (χ2n) is 3.21. The number of fused-ring (bicyclic) bond motifs is 1. The average Bonchev–Trinajstić information content (AvgIpc) is 2.19. The van der Waals surface area contributed by atoms with Gasteiger partial charge in [0.05, 0.1) is 18.8 Å². The number of nitrogens with zero attached hydrogens (tertiary/aromatic N) is 1. The summed E-state index contributed by atoms with van der Waals surface area (Å²) in [4.78, 5) is 2.00. The first-order chi connectivity index (χ1) is 6.81. The number of benzene rings is 1. The molecule has 76 valence electrons. The van der Waals surface area contributed by atoms with Gasteiger partial charge in [0, 0.05) is 12.6 Å². The van der Waals surface area contributed by atoms with Crippen molar-refractivity contribution < 1.29 is 14.9 Å². The van der Waals surface area contributed by atoms with Crippen LogP contribution in [-0.2, 0) is 0 Å². The highest BCUT2D eigenvalue weighted by molar-refractivity contribution is 5.62. The van der Waals surface area contributed by atoms with Crippen molar-refractivity contribution in [1.29, 1.82) is 0 Å². The van der Waals surface area contributed by atoms with Gasteiger partial charge in [-0.15, -0.1) is 0 Å². The maximum absolute atomic E-state index is 9.33. The lowest BCUT2D eigenvalue weighted by atomic mass is 10.2. The van der Waals surface area contributed by atoms with Gasteiger partial charge in [0.25, 0.3) is 0 Å². The fourth-order valence-electron chi connectivity index (χ4n) is 1.61. The van der Waals surface area contributed by atoms with Gasteiger partial charge >= 0.3 is 0 Å². The zero-order valence-electron chi connectivity index (χ0n) is 7.81. The van der Waals surface area contributed by atoms with E-state index in [0.29, 0.717) is 13.2 Å². The zero-order valence-corrected chi connectivity index (χ0v) is 7.81. The first-order valence-electron chi connectivity index (χ1n) is 4.63. The van der Waals surface area contributed by atoms with Crippen molar-refractivity contribution in [3.05, 3.63) is 18.2 Å². The lowest BCUT2D eigenvalue weighted by molar-refractivity contribution is 0.277. The summed E-state index contributed by atoms with van der Waals surface area (Å²) in [5.41, 5.74) is 0.852. The predicted molar refractivity (Wildman–Crippen MR) is 52.9 cm³/mol. The Hall–Kier alpha value is -1.42. The van der Waals surface area contributed by atoms with E-state index in [2.05, 4.69) is 0 Å². The Balaban J connectivity index is 2.32. The number of hydrogen-bond donors (Lipinski definition) is 2. The van der Waals surface area contributed by atoms with Crippen molar-refractivity contribution in [3.8, 4) is 11.5 Å². The lowest BCUT2D eigenvalue weighted by Crippen LogP contribution is -2.34. The highest BCUT2D eigenvalue weighted by Crippen LogP contribution is 2.34. The topological polar surface area (TPSA) is 52.9 Å². The quantitative estimate of drug-likeness (QED) is 0.725. The minimum absolute atomic E-state index is 0.106. The van der Waals surface area contributed by atoms with Gasteiger partial charge in [-0.25, -0.2) is 0 Å². The fraction of sp³-hybridized carbons (Fsp3) is 0.400. The van der Waals surface area contributed by atoms with Crippen molar-refractivity contribution in [3.63, 3.8) is 0 Å². The average molecular weight is 195 g/mol. The zero-order chi connectivity index (χ0) is 9.97. The second kappa shape index (κ2) is 3.75. The van der Waals surface area contributed by atoms with Crippen LogP contribution >= 0.6 is 0 Å². The van der Waals surface area contributed by atoms with E-state index in [1.807, 2.05) is 4.90 Å². The van der Waals surface area contributed by atoms with Gasteiger partial charge in [-0.3, -0.25) is 0 Å². The molecular formula is C10H13NO3. The summed E-state index contributed by atoms with van der Waals surface area (Å²) < 4.78 is 5.42. The summed E-state index contributed by atoms with van der Waals surface area (Å²) in [5, 5.41) is 18.2. The predicted octanol–water partition coefficient (Wildman–Crippen LogP) is 0.583. The molecule has 2 rings (SSSR count). The van der Waals surface area contributed by atoms with Crippen LogP contribution in [0.4, 0.5) is 5.69 Å². The van der Waals surface area contributed by atoms with E-state index in [1.165, 1.54) is 0 Å². The number of phenols is 1. The van der Waals surface area contributed by atoms with E-state index < -0.39 is 0 Å². The van der Waals surface area contributed by atoms with Gasteiger partial charge in [-0.2, -0.15) is 0 Å². The summed E-state index contributed by atoms with van der Waals surface area (Å²) >= 11 is 0. The molecule has 0 amide bonds. The molecule has 0 aromatic heterocycles. The molecule has 0 saturated carbocycles. The van der Waals surface area contributed by atoms with Crippen LogP contribution in [0, 0.1) is 0 Å². The summed E-state index contributed by atoms with van der Waals surface area (Å²) in [7, 11) is 0. The number of ether oxygens (including phenoxy) is 1. The minimum atomic E-state index is 0.106. The molecule has 14 heavy (non-hydrogen) atoms. The molecule has 0 saturated heterocycles. The van der Waals surface area contributed by atoms with Crippen LogP contribution in [0.5, 0.6) is 11.5 Å². The number of aliphatic hydroxyl groups is 1. The molecular weight excluding hydrogens is 182 g/mol. The van der Waals surface area contributed by atoms with Crippen molar-refractivity contribution in [1.82, 2.24) is 0 Å². The summed E-state index contributed by atoms with van der Waals surface area (Å²) in [6.45, 7) is 2.05. The molecule has 0 unspecified atom stereocenters. The SMILES string of the molecule is OCCN1CCOc2ccc(O)cc21. The molecule has 0 fully saturated rings. The van der Waals surface area contributed by atoms with Crippen LogP contribution in [-0.4, -0.2) is 36.5 Å². The first kappa shape index (κ1) is 9.15. The highest BCUT2D eigenvalue weighted by atomic mass is 16.5. The van der Waals surface area contributed by atoms with Crippen LogP contribution in [0.3, 0.4) is 0 Å². The molecule has 1 aliphatic rings. The van der Waals surface area contributed by atoms with Crippen LogP contribution in [0.2, 0.25) is 0 Å². The number of hydrogen-bond acceptors (Lipinski definition) is 4. The van der Waals surface area contributed by atoms with E-state index in [-0.39, 0.29) is 12.4 Å². The Bertz CT molecular complexity index is 327. The van der Waals surface area contributed by atoms with Crippen LogP contribution in [0.15, 0.2) is 18.2 Å². The highest BCUT2D eigenvalue weighted by Gasteiger charge is 2.17. The van der Waals surface area contributed by atoms with Gasteiger partial charge in [0.2, 0.25) is 0 Å². The monoisotopic (exact) mass is 195 g/mol. The number of aliphatic hydroxyl groups excluding tert-OH is 1. The van der Waals surface area contributed by atoms with E-state index in [4.69, 9.17) is 9.84 Å². The van der Waals surface area contributed by atoms with E-state index in [1.54, 1.807) is 18.2 Å². The van der Waals surface area contributed by atoms with Crippen LogP contribution in [0.25, 0.3) is 0 Å². The number of β-amino-alcohol motifs (C(OH)–C–C–N with tert-alkyl or cyclic N) is 1. The number of rotatable bonds is 2. The molecule has 0 spiro atoms. The molecule has 1 aromatic carbocycles. The van der Waals surface area contributed by atoms with Crippen molar-refractivity contribution in [2.45, 2.75) is 0 Å². The Morgan fingerprint density at radius 1 is 1.43 bits per heavy atom. The van der Waals surface area contributed by atoms with Gasteiger partial charge in [0.1, 0.15) is 18.1 Å². The Labute approximate surface area is 82.3 Å². The number of phenolic OH excluding ortho intramolecular Hbond substituents is 1. The smallest absolute Gasteiger partial charge is 0.142 e. The Morgan fingerprint density at radius 2 is 2.29 bits per heavy atom.